The van der Waals surface area contributed by atoms with Gasteiger partial charge in [0.15, 0.2) is 5.58 Å². The molecule has 0 aliphatic heterocycles. The van der Waals surface area contributed by atoms with E-state index in [0.29, 0.717) is 0 Å². The number of fused-ring (bicyclic) bond motifs is 6. The van der Waals surface area contributed by atoms with E-state index in [1.165, 1.54) is 0 Å². The standard InChI is InChI=1S/C54H35NO2/c1-4-14-36(15-5-1)41-32-42(37-16-6-2-7-17-37)34-44(33-41)55(50-24-13-23-47-46-20-10-11-25-51(46)57-54(47)50)43-29-26-38(27-30-43)40-28-31-52-49(35-40)48-22-12-21-45(53(48)56-52)39-18-8-3-9-19-39/h1-35H. The van der Waals surface area contributed by atoms with E-state index >= 15 is 0 Å². The minimum absolute atomic E-state index is 0.848. The van der Waals surface area contributed by atoms with Crippen LogP contribution >= 0.6 is 0 Å². The molecule has 0 atom stereocenters. The molecule has 3 heteroatoms. The topological polar surface area (TPSA) is 29.5 Å². The molecule has 0 unspecified atom stereocenters. The highest BCUT2D eigenvalue weighted by Gasteiger charge is 2.21. The molecule has 0 saturated carbocycles. The van der Waals surface area contributed by atoms with E-state index in [-0.39, 0.29) is 0 Å². The van der Waals surface area contributed by atoms with Crippen LogP contribution in [0.2, 0.25) is 0 Å². The number of hydrogen-bond acceptors (Lipinski definition) is 3. The highest BCUT2D eigenvalue weighted by atomic mass is 16.3. The van der Waals surface area contributed by atoms with Crippen molar-refractivity contribution in [3.63, 3.8) is 0 Å². The van der Waals surface area contributed by atoms with Crippen LogP contribution in [0.1, 0.15) is 0 Å². The van der Waals surface area contributed by atoms with E-state index in [1.807, 2.05) is 18.2 Å². The van der Waals surface area contributed by atoms with Gasteiger partial charge in [-0.25, -0.2) is 0 Å². The second kappa shape index (κ2) is 13.6. The molecular formula is C54H35NO2. The Balaban J connectivity index is 1.07. The third-order valence-electron chi connectivity index (χ3n) is 11.1. The van der Waals surface area contributed by atoms with Gasteiger partial charge >= 0.3 is 0 Å². The van der Waals surface area contributed by atoms with Crippen molar-refractivity contribution in [2.75, 3.05) is 4.90 Å². The fourth-order valence-electron chi connectivity index (χ4n) is 8.30. The minimum atomic E-state index is 0.848. The molecule has 268 valence electrons. The van der Waals surface area contributed by atoms with Crippen LogP contribution in [0.15, 0.2) is 221 Å². The zero-order valence-corrected chi connectivity index (χ0v) is 31.0. The predicted molar refractivity (Wildman–Crippen MR) is 237 cm³/mol. The first kappa shape index (κ1) is 32.8. The summed E-state index contributed by atoms with van der Waals surface area (Å²) in [6.07, 6.45) is 0. The van der Waals surface area contributed by atoms with Crippen LogP contribution < -0.4 is 4.90 Å². The zero-order valence-electron chi connectivity index (χ0n) is 31.0. The van der Waals surface area contributed by atoms with E-state index in [1.54, 1.807) is 0 Å². The van der Waals surface area contributed by atoms with Crippen LogP contribution in [0.25, 0.3) is 88.4 Å². The molecule has 0 bridgehead atoms. The Hall–Kier alpha value is -7.62. The van der Waals surface area contributed by atoms with Crippen molar-refractivity contribution in [2.45, 2.75) is 0 Å². The second-order valence-corrected chi connectivity index (χ2v) is 14.5. The number of nitrogens with zero attached hydrogens (tertiary/aromatic N) is 1. The molecule has 11 aromatic rings. The SMILES string of the molecule is c1ccc(-c2cc(-c3ccccc3)cc(N(c3ccc(-c4ccc5oc6c(-c7ccccc7)cccc6c5c4)cc3)c3cccc4c3oc3ccccc34)c2)cc1. The van der Waals surface area contributed by atoms with Gasteiger partial charge in [-0.1, -0.05) is 158 Å². The summed E-state index contributed by atoms with van der Waals surface area (Å²) in [4.78, 5) is 2.34. The number of para-hydroxylation sites is 3. The van der Waals surface area contributed by atoms with Crippen molar-refractivity contribution in [1.29, 1.82) is 0 Å². The summed E-state index contributed by atoms with van der Waals surface area (Å²) in [6.45, 7) is 0. The Morgan fingerprint density at radius 1 is 0.281 bits per heavy atom. The van der Waals surface area contributed by atoms with Gasteiger partial charge in [-0.15, -0.1) is 0 Å². The van der Waals surface area contributed by atoms with Crippen LogP contribution in [0.3, 0.4) is 0 Å². The quantitative estimate of drug-likeness (QED) is 0.164. The Morgan fingerprint density at radius 3 is 1.51 bits per heavy atom. The third kappa shape index (κ3) is 5.76. The van der Waals surface area contributed by atoms with Crippen LogP contribution in [0.5, 0.6) is 0 Å². The Bertz CT molecular complexity index is 3160. The molecule has 0 fully saturated rings. The molecule has 0 spiro atoms. The van der Waals surface area contributed by atoms with E-state index in [9.17, 15) is 0 Å². The normalized spacial score (nSPS) is 11.5. The number of benzene rings is 9. The summed E-state index contributed by atoms with van der Waals surface area (Å²) >= 11 is 0. The monoisotopic (exact) mass is 729 g/mol. The summed E-state index contributed by atoms with van der Waals surface area (Å²) in [5, 5.41) is 4.41. The molecule has 0 N–H and O–H groups in total. The van der Waals surface area contributed by atoms with E-state index < -0.39 is 0 Å². The third-order valence-corrected chi connectivity index (χ3v) is 11.1. The van der Waals surface area contributed by atoms with Gasteiger partial charge in [-0.2, -0.15) is 0 Å². The van der Waals surface area contributed by atoms with E-state index in [4.69, 9.17) is 8.83 Å². The lowest BCUT2D eigenvalue weighted by Crippen LogP contribution is -2.10. The lowest BCUT2D eigenvalue weighted by molar-refractivity contribution is 0.669. The van der Waals surface area contributed by atoms with E-state index in [0.717, 1.165) is 105 Å². The number of anilines is 3. The van der Waals surface area contributed by atoms with Crippen LogP contribution in [-0.4, -0.2) is 0 Å². The summed E-state index contributed by atoms with van der Waals surface area (Å²) < 4.78 is 13.2. The largest absolute Gasteiger partial charge is 0.455 e. The molecular weight excluding hydrogens is 695 g/mol. The van der Waals surface area contributed by atoms with E-state index in [2.05, 4.69) is 199 Å². The molecule has 0 aliphatic rings. The van der Waals surface area contributed by atoms with Crippen LogP contribution in [0, 0.1) is 0 Å². The van der Waals surface area contributed by atoms with Crippen LogP contribution in [0.4, 0.5) is 17.1 Å². The average Bonchev–Trinajstić information content (AvgIpc) is 3.86. The minimum Gasteiger partial charge on any atom is -0.455 e. The Labute approximate surface area is 330 Å². The number of furan rings is 2. The van der Waals surface area contributed by atoms with Gasteiger partial charge in [0, 0.05) is 38.5 Å². The first-order valence-corrected chi connectivity index (χ1v) is 19.3. The first-order chi connectivity index (χ1) is 28.2. The number of hydrogen-bond donors (Lipinski definition) is 0. The lowest BCUT2D eigenvalue weighted by Gasteiger charge is -2.27. The molecule has 2 heterocycles. The van der Waals surface area contributed by atoms with Crippen molar-refractivity contribution in [3.05, 3.63) is 212 Å². The number of rotatable bonds is 7. The molecule has 0 saturated heterocycles. The van der Waals surface area contributed by atoms with Gasteiger partial charge in [0.2, 0.25) is 0 Å². The van der Waals surface area contributed by atoms with Gasteiger partial charge in [-0.3, -0.25) is 0 Å². The fraction of sp³-hybridized carbons (Fsp3) is 0. The molecule has 0 amide bonds. The van der Waals surface area contributed by atoms with Gasteiger partial charge in [0.05, 0.1) is 5.69 Å². The Kier molecular flexibility index (Phi) is 7.82. The highest BCUT2D eigenvalue weighted by molar-refractivity contribution is 6.12. The first-order valence-electron chi connectivity index (χ1n) is 19.3. The molecule has 0 aliphatic carbocycles. The summed E-state index contributed by atoms with van der Waals surface area (Å²) in [5.41, 5.74) is 15.6. The summed E-state index contributed by atoms with van der Waals surface area (Å²) in [5.74, 6) is 0. The van der Waals surface area contributed by atoms with Crippen molar-refractivity contribution < 1.29 is 8.83 Å². The lowest BCUT2D eigenvalue weighted by atomic mass is 9.97. The average molecular weight is 730 g/mol. The summed E-state index contributed by atoms with van der Waals surface area (Å²) in [6, 6.07) is 75.1. The molecule has 9 aromatic carbocycles. The molecule has 2 aromatic heterocycles. The maximum Gasteiger partial charge on any atom is 0.159 e. The fourth-order valence-corrected chi connectivity index (χ4v) is 8.30. The van der Waals surface area contributed by atoms with Crippen molar-refractivity contribution in [2.24, 2.45) is 0 Å². The van der Waals surface area contributed by atoms with Gasteiger partial charge in [-0.05, 0) is 93.5 Å². The molecule has 11 rings (SSSR count). The maximum absolute atomic E-state index is 6.68. The second-order valence-electron chi connectivity index (χ2n) is 14.5. The Morgan fingerprint density at radius 2 is 0.807 bits per heavy atom. The summed E-state index contributed by atoms with van der Waals surface area (Å²) in [7, 11) is 0. The van der Waals surface area contributed by atoms with Crippen LogP contribution in [-0.2, 0) is 0 Å². The maximum atomic E-state index is 6.68. The van der Waals surface area contributed by atoms with Crippen molar-refractivity contribution in [3.8, 4) is 44.5 Å². The predicted octanol–water partition coefficient (Wildman–Crippen LogP) is 15.6. The molecule has 57 heavy (non-hydrogen) atoms. The van der Waals surface area contributed by atoms with Gasteiger partial charge in [0.25, 0.3) is 0 Å². The molecule has 3 nitrogen and oxygen atoms in total. The zero-order chi connectivity index (χ0) is 37.7. The molecule has 0 radical (unpaired) electrons. The highest BCUT2D eigenvalue weighted by Crippen LogP contribution is 2.45. The van der Waals surface area contributed by atoms with Gasteiger partial charge in [0.1, 0.15) is 16.7 Å². The smallest absolute Gasteiger partial charge is 0.159 e. The van der Waals surface area contributed by atoms with Crippen molar-refractivity contribution >= 4 is 60.9 Å². The van der Waals surface area contributed by atoms with Gasteiger partial charge < -0.3 is 13.7 Å². The van der Waals surface area contributed by atoms with Crippen molar-refractivity contribution in [1.82, 2.24) is 0 Å².